The maximum Gasteiger partial charge on any atom is 0.290 e. The maximum atomic E-state index is 12.5. The lowest BCUT2D eigenvalue weighted by Crippen LogP contribution is -2.39. The zero-order valence-electron chi connectivity index (χ0n) is 16.7. The van der Waals surface area contributed by atoms with E-state index in [-0.39, 0.29) is 17.2 Å². The van der Waals surface area contributed by atoms with E-state index in [0.29, 0.717) is 22.3 Å². The molecule has 0 saturated carbocycles. The highest BCUT2D eigenvalue weighted by molar-refractivity contribution is 7.99. The number of hydrogen-bond donors (Lipinski definition) is 1. The Morgan fingerprint density at radius 1 is 1.24 bits per heavy atom. The quantitative estimate of drug-likeness (QED) is 0.653. The second-order valence-corrected chi connectivity index (χ2v) is 8.51. The first-order valence-corrected chi connectivity index (χ1v) is 11.0. The molecule has 3 heterocycles. The minimum atomic E-state index is -0.297. The molecule has 1 aliphatic rings. The van der Waals surface area contributed by atoms with Gasteiger partial charge in [-0.2, -0.15) is 5.10 Å². The maximum absolute atomic E-state index is 12.5. The van der Waals surface area contributed by atoms with Crippen molar-refractivity contribution in [2.45, 2.75) is 38.3 Å². The van der Waals surface area contributed by atoms with E-state index in [4.69, 9.17) is 0 Å². The summed E-state index contributed by atoms with van der Waals surface area (Å²) >= 11 is 1.30. The molecule has 1 saturated heterocycles. The van der Waals surface area contributed by atoms with Crippen molar-refractivity contribution < 1.29 is 4.79 Å². The number of H-pyrrole nitrogens is 1. The number of nitrogens with zero attached hydrogens (tertiary/aromatic N) is 4. The van der Waals surface area contributed by atoms with Gasteiger partial charge in [0.25, 0.3) is 5.56 Å². The standard InChI is InChI=1S/C21H25N5O2S/c1-3-15-4-6-16(7-5-15)17-12-18-20(28)22-23-21(26(18)24-17)29-13-19(27)25-10-8-14(2)9-11-25/h4-7,12,14H,3,8-11,13H2,1-2H3,(H,22,28). The van der Waals surface area contributed by atoms with Crippen molar-refractivity contribution in [3.05, 3.63) is 46.2 Å². The van der Waals surface area contributed by atoms with Crippen molar-refractivity contribution in [1.29, 1.82) is 0 Å². The molecule has 1 aromatic carbocycles. The molecule has 1 aliphatic heterocycles. The van der Waals surface area contributed by atoms with E-state index in [1.165, 1.54) is 21.8 Å². The second kappa shape index (κ2) is 8.41. The van der Waals surface area contributed by atoms with Crippen LogP contribution in [0.15, 0.2) is 40.3 Å². The van der Waals surface area contributed by atoms with Crippen molar-refractivity contribution >= 4 is 23.2 Å². The Morgan fingerprint density at radius 2 is 1.97 bits per heavy atom. The highest BCUT2D eigenvalue weighted by Gasteiger charge is 2.21. The number of hydrogen-bond acceptors (Lipinski definition) is 5. The van der Waals surface area contributed by atoms with E-state index >= 15 is 0 Å². The first-order valence-electron chi connectivity index (χ1n) is 10.0. The highest BCUT2D eigenvalue weighted by Crippen LogP contribution is 2.23. The van der Waals surface area contributed by atoms with Crippen LogP contribution in [0.1, 0.15) is 32.3 Å². The Labute approximate surface area is 173 Å². The Morgan fingerprint density at radius 3 is 2.66 bits per heavy atom. The van der Waals surface area contributed by atoms with Gasteiger partial charge in [0.15, 0.2) is 0 Å². The fourth-order valence-electron chi connectivity index (χ4n) is 3.51. The monoisotopic (exact) mass is 411 g/mol. The van der Waals surface area contributed by atoms with Crippen LogP contribution >= 0.6 is 11.8 Å². The number of rotatable bonds is 5. The number of likely N-dealkylation sites (tertiary alicyclic amines) is 1. The normalized spacial score (nSPS) is 15.2. The molecule has 0 bridgehead atoms. The summed E-state index contributed by atoms with van der Waals surface area (Å²) in [5.74, 6) is 1.06. The fourth-order valence-corrected chi connectivity index (χ4v) is 4.32. The van der Waals surface area contributed by atoms with Crippen LogP contribution in [0.3, 0.4) is 0 Å². The van der Waals surface area contributed by atoms with Gasteiger partial charge in [-0.3, -0.25) is 9.59 Å². The first-order chi connectivity index (χ1) is 14.0. The van der Waals surface area contributed by atoms with Gasteiger partial charge < -0.3 is 4.90 Å². The van der Waals surface area contributed by atoms with Gasteiger partial charge in [-0.05, 0) is 36.8 Å². The van der Waals surface area contributed by atoms with Crippen LogP contribution in [0.4, 0.5) is 0 Å². The highest BCUT2D eigenvalue weighted by atomic mass is 32.2. The van der Waals surface area contributed by atoms with E-state index in [1.807, 2.05) is 17.0 Å². The molecule has 29 heavy (non-hydrogen) atoms. The van der Waals surface area contributed by atoms with Crippen LogP contribution < -0.4 is 5.56 Å². The number of piperidine rings is 1. The van der Waals surface area contributed by atoms with Crippen LogP contribution in [0.5, 0.6) is 0 Å². The van der Waals surface area contributed by atoms with E-state index in [0.717, 1.165) is 37.9 Å². The Bertz CT molecular complexity index is 1060. The molecule has 4 rings (SSSR count). The predicted octanol–water partition coefficient (Wildman–Crippen LogP) is 3.00. The number of nitrogens with one attached hydrogen (secondary N) is 1. The lowest BCUT2D eigenvalue weighted by atomic mass is 9.99. The third-order valence-corrected chi connectivity index (χ3v) is 6.41. The van der Waals surface area contributed by atoms with Gasteiger partial charge in [-0.1, -0.05) is 49.9 Å². The van der Waals surface area contributed by atoms with E-state index in [2.05, 4.69) is 41.3 Å². The van der Waals surface area contributed by atoms with Crippen LogP contribution in [0.2, 0.25) is 0 Å². The summed E-state index contributed by atoms with van der Waals surface area (Å²) in [7, 11) is 0. The Kier molecular flexibility index (Phi) is 5.71. The van der Waals surface area contributed by atoms with Gasteiger partial charge in [0.1, 0.15) is 5.52 Å². The Balaban J connectivity index is 1.55. The van der Waals surface area contributed by atoms with Gasteiger partial charge >= 0.3 is 0 Å². The first kappa shape index (κ1) is 19.7. The van der Waals surface area contributed by atoms with Gasteiger partial charge in [0.05, 0.1) is 11.4 Å². The van der Waals surface area contributed by atoms with Gasteiger partial charge in [-0.25, -0.2) is 9.61 Å². The largest absolute Gasteiger partial charge is 0.342 e. The number of thioether (sulfide) groups is 1. The summed E-state index contributed by atoms with van der Waals surface area (Å²) in [4.78, 5) is 26.7. The van der Waals surface area contributed by atoms with Gasteiger partial charge in [0.2, 0.25) is 11.1 Å². The lowest BCUT2D eigenvalue weighted by molar-refractivity contribution is -0.129. The smallest absolute Gasteiger partial charge is 0.290 e. The van der Waals surface area contributed by atoms with Crippen LogP contribution in [-0.2, 0) is 11.2 Å². The van der Waals surface area contributed by atoms with Crippen LogP contribution in [0, 0.1) is 5.92 Å². The van der Waals surface area contributed by atoms with E-state index in [9.17, 15) is 9.59 Å². The van der Waals surface area contributed by atoms with Crippen molar-refractivity contribution in [2.75, 3.05) is 18.8 Å². The molecule has 7 nitrogen and oxygen atoms in total. The van der Waals surface area contributed by atoms with Crippen LogP contribution in [-0.4, -0.2) is 49.5 Å². The molecule has 0 unspecified atom stereocenters. The molecular weight excluding hydrogens is 386 g/mol. The molecule has 3 aromatic rings. The Hall–Kier alpha value is -2.61. The summed E-state index contributed by atoms with van der Waals surface area (Å²) < 4.78 is 1.54. The number of aryl methyl sites for hydroxylation is 1. The van der Waals surface area contributed by atoms with Crippen molar-refractivity contribution in [2.24, 2.45) is 5.92 Å². The minimum absolute atomic E-state index is 0.102. The molecule has 0 spiro atoms. The average molecular weight is 412 g/mol. The number of carbonyl (C=O) groups is 1. The molecule has 0 radical (unpaired) electrons. The zero-order valence-corrected chi connectivity index (χ0v) is 17.5. The third kappa shape index (κ3) is 4.22. The van der Waals surface area contributed by atoms with Gasteiger partial charge in [0, 0.05) is 18.7 Å². The number of amides is 1. The minimum Gasteiger partial charge on any atom is -0.342 e. The summed E-state index contributed by atoms with van der Waals surface area (Å²) in [6.45, 7) is 5.96. The summed E-state index contributed by atoms with van der Waals surface area (Å²) in [6, 6.07) is 9.91. The summed E-state index contributed by atoms with van der Waals surface area (Å²) in [5, 5.41) is 11.7. The average Bonchev–Trinajstić information content (AvgIpc) is 3.20. The lowest BCUT2D eigenvalue weighted by Gasteiger charge is -2.30. The summed E-state index contributed by atoms with van der Waals surface area (Å²) in [5.41, 5.74) is 3.04. The molecule has 1 N–H and O–H groups in total. The molecule has 1 fully saturated rings. The van der Waals surface area contributed by atoms with Crippen molar-refractivity contribution in [1.82, 2.24) is 24.7 Å². The predicted molar refractivity (Wildman–Crippen MR) is 114 cm³/mol. The number of carbonyl (C=O) groups excluding carboxylic acids is 1. The van der Waals surface area contributed by atoms with Gasteiger partial charge in [-0.15, -0.1) is 5.10 Å². The number of aromatic nitrogens is 4. The SMILES string of the molecule is CCc1ccc(-c2cc3c(=O)[nH]nc(SCC(=O)N4CCC(C)CC4)n3n2)cc1. The molecule has 152 valence electrons. The van der Waals surface area contributed by atoms with Crippen molar-refractivity contribution in [3.63, 3.8) is 0 Å². The van der Waals surface area contributed by atoms with E-state index in [1.54, 1.807) is 6.07 Å². The van der Waals surface area contributed by atoms with E-state index < -0.39 is 0 Å². The second-order valence-electron chi connectivity index (χ2n) is 7.56. The number of fused-ring (bicyclic) bond motifs is 1. The van der Waals surface area contributed by atoms with Crippen molar-refractivity contribution in [3.8, 4) is 11.3 Å². The molecular formula is C21H25N5O2S. The molecule has 1 amide bonds. The topological polar surface area (TPSA) is 83.4 Å². The zero-order chi connectivity index (χ0) is 20.4. The molecule has 2 aromatic heterocycles. The molecule has 8 heteroatoms. The number of benzene rings is 1. The molecule has 0 aliphatic carbocycles. The molecule has 0 atom stereocenters. The number of aromatic amines is 1. The fraction of sp³-hybridized carbons (Fsp3) is 0.429. The summed E-state index contributed by atoms with van der Waals surface area (Å²) in [6.07, 6.45) is 3.08. The third-order valence-electron chi connectivity index (χ3n) is 5.50. The van der Waals surface area contributed by atoms with Crippen LogP contribution in [0.25, 0.3) is 16.8 Å².